The van der Waals surface area contributed by atoms with E-state index in [2.05, 4.69) is 24.9 Å². The smallest absolute Gasteiger partial charge is 0.225 e. The van der Waals surface area contributed by atoms with E-state index in [4.69, 9.17) is 15.3 Å². The quantitative estimate of drug-likeness (QED) is 0.700. The van der Waals surface area contributed by atoms with Crippen LogP contribution in [0.4, 0.5) is 11.8 Å². The molecule has 0 aromatic carbocycles. The van der Waals surface area contributed by atoms with E-state index in [1.54, 1.807) is 16.8 Å². The number of nitrogen functional groups attached to an aromatic ring is 1. The Labute approximate surface area is 144 Å². The fourth-order valence-electron chi connectivity index (χ4n) is 3.20. The van der Waals surface area contributed by atoms with Crippen molar-refractivity contribution in [2.75, 3.05) is 50.0 Å². The van der Waals surface area contributed by atoms with Crippen LogP contribution in [0.25, 0.3) is 17.2 Å². The van der Waals surface area contributed by atoms with Crippen molar-refractivity contribution in [3.63, 3.8) is 0 Å². The van der Waals surface area contributed by atoms with Crippen molar-refractivity contribution < 1.29 is 9.52 Å². The molecular weight excluding hydrogens is 322 g/mol. The molecule has 0 bridgehead atoms. The van der Waals surface area contributed by atoms with E-state index < -0.39 is 0 Å². The molecule has 0 spiro atoms. The second-order valence-corrected chi connectivity index (χ2v) is 6.12. The van der Waals surface area contributed by atoms with Crippen molar-refractivity contribution in [2.24, 2.45) is 0 Å². The number of fused-ring (bicyclic) bond motifs is 1. The molecule has 0 unspecified atom stereocenters. The zero-order chi connectivity index (χ0) is 17.4. The number of nitrogens with two attached hydrogens (primary N) is 1. The Morgan fingerprint density at radius 3 is 2.72 bits per heavy atom. The molecule has 3 aromatic heterocycles. The zero-order valence-electron chi connectivity index (χ0n) is 14.1. The first-order valence-electron chi connectivity index (χ1n) is 8.32. The van der Waals surface area contributed by atoms with Gasteiger partial charge in [-0.25, -0.2) is 4.98 Å². The van der Waals surface area contributed by atoms with Gasteiger partial charge in [0.05, 0.1) is 12.9 Å². The summed E-state index contributed by atoms with van der Waals surface area (Å²) in [5.74, 6) is 2.24. The minimum absolute atomic E-state index is 0.186. The van der Waals surface area contributed by atoms with Gasteiger partial charge in [-0.15, -0.1) is 5.10 Å². The lowest BCUT2D eigenvalue weighted by molar-refractivity contribution is 0.188. The Balaban J connectivity index is 1.68. The molecule has 0 radical (unpaired) electrons. The van der Waals surface area contributed by atoms with Gasteiger partial charge in [-0.05, 0) is 19.1 Å². The molecule has 0 atom stereocenters. The van der Waals surface area contributed by atoms with Gasteiger partial charge in [0.2, 0.25) is 11.8 Å². The monoisotopic (exact) mass is 343 g/mol. The summed E-state index contributed by atoms with van der Waals surface area (Å²) in [6, 6.07) is 3.61. The average Bonchev–Trinajstić information content (AvgIpc) is 3.28. The first-order chi connectivity index (χ1) is 12.2. The van der Waals surface area contributed by atoms with Crippen LogP contribution >= 0.6 is 0 Å². The third-order valence-corrected chi connectivity index (χ3v) is 4.55. The molecule has 3 N–H and O–H groups in total. The zero-order valence-corrected chi connectivity index (χ0v) is 14.1. The normalized spacial score (nSPS) is 16.0. The number of anilines is 2. The van der Waals surface area contributed by atoms with Crippen LogP contribution in [0.1, 0.15) is 5.56 Å². The van der Waals surface area contributed by atoms with E-state index >= 15 is 0 Å². The van der Waals surface area contributed by atoms with E-state index in [1.165, 1.54) is 0 Å². The molecule has 0 aliphatic carbocycles. The second-order valence-electron chi connectivity index (χ2n) is 6.12. The van der Waals surface area contributed by atoms with E-state index in [-0.39, 0.29) is 6.61 Å². The molecule has 1 aliphatic heterocycles. The number of furan rings is 1. The molecule has 0 saturated carbocycles. The van der Waals surface area contributed by atoms with Crippen molar-refractivity contribution in [1.82, 2.24) is 24.5 Å². The number of rotatable bonds is 4. The highest BCUT2D eigenvalue weighted by atomic mass is 16.3. The van der Waals surface area contributed by atoms with Crippen LogP contribution in [0.15, 0.2) is 22.8 Å². The van der Waals surface area contributed by atoms with Crippen LogP contribution in [-0.4, -0.2) is 68.9 Å². The summed E-state index contributed by atoms with van der Waals surface area (Å²) in [7, 11) is 0. The summed E-state index contributed by atoms with van der Waals surface area (Å²) < 4.78 is 6.93. The summed E-state index contributed by atoms with van der Waals surface area (Å²) in [5.41, 5.74) is 7.75. The van der Waals surface area contributed by atoms with Crippen molar-refractivity contribution in [2.45, 2.75) is 6.92 Å². The van der Waals surface area contributed by atoms with E-state index in [9.17, 15) is 0 Å². The molecule has 25 heavy (non-hydrogen) atoms. The lowest BCUT2D eigenvalue weighted by Crippen LogP contribution is -2.47. The largest absolute Gasteiger partial charge is 0.461 e. The van der Waals surface area contributed by atoms with Crippen molar-refractivity contribution in [3.8, 4) is 11.6 Å². The van der Waals surface area contributed by atoms with Gasteiger partial charge in [-0.2, -0.15) is 9.50 Å². The molecule has 1 fully saturated rings. The fourth-order valence-corrected chi connectivity index (χ4v) is 3.20. The van der Waals surface area contributed by atoms with E-state index in [0.29, 0.717) is 29.7 Å². The van der Waals surface area contributed by atoms with Crippen molar-refractivity contribution in [1.29, 1.82) is 0 Å². The number of aliphatic hydroxyl groups excluding tert-OH is 1. The number of hydrogen-bond acceptors (Lipinski definition) is 8. The highest BCUT2D eigenvalue weighted by Crippen LogP contribution is 2.26. The van der Waals surface area contributed by atoms with Crippen LogP contribution < -0.4 is 10.6 Å². The lowest BCUT2D eigenvalue weighted by atomic mass is 10.2. The van der Waals surface area contributed by atoms with E-state index in [0.717, 1.165) is 37.6 Å². The maximum atomic E-state index is 9.07. The Hall–Kier alpha value is -2.65. The summed E-state index contributed by atoms with van der Waals surface area (Å²) in [5, 5.41) is 13.5. The second kappa shape index (κ2) is 6.34. The number of piperazine rings is 1. The van der Waals surface area contributed by atoms with Gasteiger partial charge in [0.1, 0.15) is 5.82 Å². The first kappa shape index (κ1) is 15.9. The van der Waals surface area contributed by atoms with Gasteiger partial charge in [-0.1, -0.05) is 0 Å². The topological polar surface area (TPSA) is 109 Å². The highest BCUT2D eigenvalue weighted by molar-refractivity contribution is 5.66. The van der Waals surface area contributed by atoms with Gasteiger partial charge < -0.3 is 20.2 Å². The Bertz CT molecular complexity index is 866. The number of nitrogens with zero attached hydrogens (tertiary/aromatic N) is 6. The minimum Gasteiger partial charge on any atom is -0.461 e. The predicted octanol–water partition coefficient (Wildman–Crippen LogP) is 0.389. The number of aryl methyl sites for hydroxylation is 1. The number of aliphatic hydroxyl groups is 1. The molecule has 0 amide bonds. The van der Waals surface area contributed by atoms with E-state index in [1.807, 2.05) is 13.0 Å². The first-order valence-corrected chi connectivity index (χ1v) is 8.32. The number of β-amino-alcohol motifs (C(OH)–C–C–N with tert-alkyl or cyclic N) is 1. The van der Waals surface area contributed by atoms with Gasteiger partial charge >= 0.3 is 0 Å². The van der Waals surface area contributed by atoms with Crippen molar-refractivity contribution in [3.05, 3.63) is 24.0 Å². The van der Waals surface area contributed by atoms with Crippen LogP contribution in [-0.2, 0) is 0 Å². The molecule has 3 aromatic rings. The third-order valence-electron chi connectivity index (χ3n) is 4.55. The highest BCUT2D eigenvalue weighted by Gasteiger charge is 2.23. The summed E-state index contributed by atoms with van der Waals surface area (Å²) in [6.45, 7) is 6.32. The maximum Gasteiger partial charge on any atom is 0.225 e. The van der Waals surface area contributed by atoms with Crippen LogP contribution in [0, 0.1) is 6.92 Å². The standard InChI is InChI=1S/C16H21N7O2/c1-11-14(22-6-4-21(5-7-22)8-9-24)19-16(17)23-15(11)18-13(20-23)12-3-2-10-25-12/h2-3,10,24H,4-9H2,1H3,(H2,17,19). The molecule has 9 nitrogen and oxygen atoms in total. The fraction of sp³-hybridized carbons (Fsp3) is 0.438. The average molecular weight is 343 g/mol. The summed E-state index contributed by atoms with van der Waals surface area (Å²) >= 11 is 0. The Morgan fingerprint density at radius 2 is 2.04 bits per heavy atom. The molecule has 1 aliphatic rings. The molecule has 132 valence electrons. The van der Waals surface area contributed by atoms with Gasteiger partial charge in [0, 0.05) is 38.3 Å². The lowest BCUT2D eigenvalue weighted by Gasteiger charge is -2.35. The summed E-state index contributed by atoms with van der Waals surface area (Å²) in [6.07, 6.45) is 1.59. The number of aromatic nitrogens is 4. The molecule has 9 heteroatoms. The maximum absolute atomic E-state index is 9.07. The predicted molar refractivity (Wildman–Crippen MR) is 93.4 cm³/mol. The van der Waals surface area contributed by atoms with Crippen LogP contribution in [0.3, 0.4) is 0 Å². The SMILES string of the molecule is Cc1c(N2CCN(CCO)CC2)nc(N)n2nc(-c3ccco3)nc12. The molecule has 4 heterocycles. The Morgan fingerprint density at radius 1 is 1.24 bits per heavy atom. The molecule has 4 rings (SSSR count). The van der Waals surface area contributed by atoms with Crippen LogP contribution in [0.2, 0.25) is 0 Å². The third kappa shape index (κ3) is 2.81. The van der Waals surface area contributed by atoms with Gasteiger partial charge in [0.15, 0.2) is 11.4 Å². The summed E-state index contributed by atoms with van der Waals surface area (Å²) in [4.78, 5) is 13.6. The minimum atomic E-state index is 0.186. The number of hydrogen-bond donors (Lipinski definition) is 2. The van der Waals surface area contributed by atoms with Crippen molar-refractivity contribution >= 4 is 17.4 Å². The van der Waals surface area contributed by atoms with Gasteiger partial charge in [-0.3, -0.25) is 4.90 Å². The molecular formula is C16H21N7O2. The molecule has 1 saturated heterocycles. The van der Waals surface area contributed by atoms with Crippen LogP contribution in [0.5, 0.6) is 0 Å². The Kier molecular flexibility index (Phi) is 4.02. The van der Waals surface area contributed by atoms with Gasteiger partial charge in [0.25, 0.3) is 0 Å².